The molecule has 1 fully saturated rings. The average molecular weight is 385 g/mol. The molecule has 1 saturated heterocycles. The van der Waals surface area contributed by atoms with Crippen molar-refractivity contribution in [3.05, 3.63) is 70.2 Å². The zero-order chi connectivity index (χ0) is 19.2. The van der Waals surface area contributed by atoms with Crippen LogP contribution in [-0.4, -0.2) is 29.3 Å². The number of hydrogen-bond donors (Lipinski definition) is 1. The molecule has 5 heteroatoms. The second-order valence-corrected chi connectivity index (χ2v) is 7.50. The van der Waals surface area contributed by atoms with Gasteiger partial charge in [0.15, 0.2) is 0 Å². The predicted octanol–water partition coefficient (Wildman–Crippen LogP) is 3.89. The molecule has 0 spiro atoms. The molecular formula is C22H25ClN2O2. The third kappa shape index (κ3) is 5.33. The number of aryl methyl sites for hydroxylation is 1. The molecule has 1 unspecified atom stereocenters. The summed E-state index contributed by atoms with van der Waals surface area (Å²) < 4.78 is 0. The van der Waals surface area contributed by atoms with Gasteiger partial charge in [0, 0.05) is 37.0 Å². The molecule has 1 aliphatic rings. The maximum atomic E-state index is 12.3. The number of halogens is 1. The fourth-order valence-electron chi connectivity index (χ4n) is 3.44. The average Bonchev–Trinajstić information content (AvgIpc) is 2.98. The minimum Gasteiger partial charge on any atom is -0.356 e. The van der Waals surface area contributed by atoms with Crippen LogP contribution in [0.3, 0.4) is 0 Å². The molecule has 2 amide bonds. The number of carbonyl (C=O) groups is 2. The second-order valence-electron chi connectivity index (χ2n) is 7.10. The molecule has 0 aromatic heterocycles. The Morgan fingerprint density at radius 2 is 1.93 bits per heavy atom. The fraction of sp³-hybridized carbons (Fsp3) is 0.364. The minimum atomic E-state index is -0.0286. The van der Waals surface area contributed by atoms with Gasteiger partial charge in [-0.3, -0.25) is 9.59 Å². The third-order valence-corrected chi connectivity index (χ3v) is 5.39. The number of rotatable bonds is 7. The summed E-state index contributed by atoms with van der Waals surface area (Å²) in [4.78, 5) is 26.4. The van der Waals surface area contributed by atoms with E-state index in [2.05, 4.69) is 5.32 Å². The van der Waals surface area contributed by atoms with Crippen LogP contribution in [0.4, 0.5) is 0 Å². The van der Waals surface area contributed by atoms with E-state index in [4.69, 9.17) is 11.6 Å². The van der Waals surface area contributed by atoms with E-state index in [9.17, 15) is 9.59 Å². The second kappa shape index (κ2) is 9.05. The lowest BCUT2D eigenvalue weighted by Gasteiger charge is -2.24. The Bertz CT molecular complexity index is 804. The van der Waals surface area contributed by atoms with Crippen molar-refractivity contribution in [3.63, 3.8) is 0 Å². The van der Waals surface area contributed by atoms with Crippen LogP contribution in [0.1, 0.15) is 36.0 Å². The summed E-state index contributed by atoms with van der Waals surface area (Å²) in [5.41, 5.74) is 3.32. The van der Waals surface area contributed by atoms with Crippen molar-refractivity contribution in [2.75, 3.05) is 6.54 Å². The Morgan fingerprint density at radius 1 is 1.19 bits per heavy atom. The monoisotopic (exact) mass is 384 g/mol. The number of nitrogens with one attached hydrogen (secondary N) is 1. The fourth-order valence-corrected chi connectivity index (χ4v) is 3.67. The van der Waals surface area contributed by atoms with Crippen molar-refractivity contribution in [1.82, 2.24) is 10.2 Å². The van der Waals surface area contributed by atoms with Crippen LogP contribution >= 0.6 is 11.6 Å². The number of likely N-dealkylation sites (tertiary alicyclic amines) is 1. The van der Waals surface area contributed by atoms with Gasteiger partial charge in [-0.25, -0.2) is 0 Å². The largest absolute Gasteiger partial charge is 0.356 e. The van der Waals surface area contributed by atoms with Gasteiger partial charge in [0.05, 0.1) is 0 Å². The minimum absolute atomic E-state index is 0.0179. The molecule has 1 heterocycles. The van der Waals surface area contributed by atoms with Crippen molar-refractivity contribution < 1.29 is 9.59 Å². The summed E-state index contributed by atoms with van der Waals surface area (Å²) >= 11 is 6.14. The first-order valence-electron chi connectivity index (χ1n) is 9.38. The van der Waals surface area contributed by atoms with Crippen molar-refractivity contribution in [1.29, 1.82) is 0 Å². The Hall–Kier alpha value is -2.33. The van der Waals surface area contributed by atoms with Crippen LogP contribution in [0.2, 0.25) is 5.02 Å². The summed E-state index contributed by atoms with van der Waals surface area (Å²) in [7, 11) is 0. The van der Waals surface area contributed by atoms with Gasteiger partial charge in [-0.05, 0) is 37.0 Å². The molecule has 142 valence electrons. The van der Waals surface area contributed by atoms with Crippen molar-refractivity contribution in [3.8, 4) is 0 Å². The van der Waals surface area contributed by atoms with Crippen molar-refractivity contribution >= 4 is 23.4 Å². The van der Waals surface area contributed by atoms with E-state index in [1.165, 1.54) is 5.56 Å². The summed E-state index contributed by atoms with van der Waals surface area (Å²) in [6, 6.07) is 15.8. The van der Waals surface area contributed by atoms with Crippen LogP contribution < -0.4 is 5.32 Å². The molecule has 0 aliphatic carbocycles. The molecule has 1 N–H and O–H groups in total. The topological polar surface area (TPSA) is 49.4 Å². The van der Waals surface area contributed by atoms with Gasteiger partial charge in [-0.2, -0.15) is 0 Å². The summed E-state index contributed by atoms with van der Waals surface area (Å²) in [6.45, 7) is 3.15. The molecule has 2 aromatic carbocycles. The van der Waals surface area contributed by atoms with E-state index < -0.39 is 0 Å². The van der Waals surface area contributed by atoms with Crippen LogP contribution in [0, 0.1) is 6.92 Å². The first-order chi connectivity index (χ1) is 13.0. The molecule has 1 atom stereocenters. The molecule has 0 bridgehead atoms. The summed E-state index contributed by atoms with van der Waals surface area (Å²) in [5, 5.41) is 3.68. The van der Waals surface area contributed by atoms with E-state index in [1.807, 2.05) is 60.4 Å². The Labute approximate surface area is 165 Å². The molecule has 0 radical (unpaired) electrons. The predicted molar refractivity (Wildman–Crippen MR) is 108 cm³/mol. The Morgan fingerprint density at radius 3 is 2.67 bits per heavy atom. The normalized spacial score (nSPS) is 16.6. The lowest BCUT2D eigenvalue weighted by Crippen LogP contribution is -2.37. The molecule has 27 heavy (non-hydrogen) atoms. The zero-order valence-electron chi connectivity index (χ0n) is 15.6. The van der Waals surface area contributed by atoms with Crippen LogP contribution in [0.5, 0.6) is 0 Å². The van der Waals surface area contributed by atoms with E-state index in [0.717, 1.165) is 22.6 Å². The number of amides is 2. The highest BCUT2D eigenvalue weighted by Crippen LogP contribution is 2.24. The van der Waals surface area contributed by atoms with E-state index in [-0.39, 0.29) is 17.9 Å². The highest BCUT2D eigenvalue weighted by molar-refractivity contribution is 6.31. The van der Waals surface area contributed by atoms with Gasteiger partial charge >= 0.3 is 0 Å². The third-order valence-electron chi connectivity index (χ3n) is 5.02. The van der Waals surface area contributed by atoms with Gasteiger partial charge in [0.1, 0.15) is 0 Å². The first-order valence-corrected chi connectivity index (χ1v) is 9.76. The van der Waals surface area contributed by atoms with E-state index in [1.54, 1.807) is 0 Å². The van der Waals surface area contributed by atoms with Gasteiger partial charge in [0.2, 0.25) is 11.8 Å². The molecule has 3 rings (SSSR count). The van der Waals surface area contributed by atoms with Crippen LogP contribution in [0.25, 0.3) is 0 Å². The molecule has 4 nitrogen and oxygen atoms in total. The van der Waals surface area contributed by atoms with E-state index >= 15 is 0 Å². The number of hydrogen-bond acceptors (Lipinski definition) is 2. The summed E-state index contributed by atoms with van der Waals surface area (Å²) in [5.74, 6) is 0.111. The molecule has 1 aliphatic heterocycles. The SMILES string of the molecule is Cc1ccc(CN2C(=O)CCC2CC(=O)NCCc2ccccc2Cl)cc1. The van der Waals surface area contributed by atoms with Crippen LogP contribution in [-0.2, 0) is 22.6 Å². The van der Waals surface area contributed by atoms with Crippen LogP contribution in [0.15, 0.2) is 48.5 Å². The van der Waals surface area contributed by atoms with E-state index in [0.29, 0.717) is 32.4 Å². The van der Waals surface area contributed by atoms with Crippen molar-refractivity contribution in [2.45, 2.75) is 45.2 Å². The zero-order valence-corrected chi connectivity index (χ0v) is 16.3. The maximum Gasteiger partial charge on any atom is 0.223 e. The lowest BCUT2D eigenvalue weighted by molar-refractivity contribution is -0.130. The van der Waals surface area contributed by atoms with Gasteiger partial charge < -0.3 is 10.2 Å². The highest BCUT2D eigenvalue weighted by Gasteiger charge is 2.32. The highest BCUT2D eigenvalue weighted by atomic mass is 35.5. The standard InChI is InChI=1S/C22H25ClN2O2/c1-16-6-8-17(9-7-16)15-25-19(10-11-22(25)27)14-21(26)24-13-12-18-4-2-3-5-20(18)23/h2-9,19H,10-15H2,1H3,(H,24,26). The smallest absolute Gasteiger partial charge is 0.223 e. The number of nitrogens with zero attached hydrogens (tertiary/aromatic N) is 1. The van der Waals surface area contributed by atoms with Gasteiger partial charge in [-0.1, -0.05) is 59.6 Å². The lowest BCUT2D eigenvalue weighted by atomic mass is 10.1. The molecule has 2 aromatic rings. The maximum absolute atomic E-state index is 12.3. The van der Waals surface area contributed by atoms with Gasteiger partial charge in [-0.15, -0.1) is 0 Å². The quantitative estimate of drug-likeness (QED) is 0.787. The number of benzene rings is 2. The van der Waals surface area contributed by atoms with Gasteiger partial charge in [0.25, 0.3) is 0 Å². The first kappa shape index (κ1) is 19.4. The van der Waals surface area contributed by atoms with Crippen molar-refractivity contribution in [2.24, 2.45) is 0 Å². The Kier molecular flexibility index (Phi) is 6.51. The number of carbonyl (C=O) groups excluding carboxylic acids is 2. The molecular weight excluding hydrogens is 360 g/mol. The molecule has 0 saturated carbocycles. The Balaban J connectivity index is 1.50. The summed E-state index contributed by atoms with van der Waals surface area (Å²) in [6.07, 6.45) is 2.30.